The Bertz CT molecular complexity index is 548. The van der Waals surface area contributed by atoms with E-state index in [9.17, 15) is 20.4 Å². The average molecular weight is 338 g/mol. The second-order valence-electron chi connectivity index (χ2n) is 10.5. The molecule has 4 nitrogen and oxygen atoms in total. The molecule has 0 radical (unpaired) electrons. The van der Waals surface area contributed by atoms with Crippen LogP contribution in [0.15, 0.2) is 0 Å². The third-order valence-corrected chi connectivity index (χ3v) is 9.28. The molecule has 0 unspecified atom stereocenters. The molecule has 2 bridgehead atoms. The van der Waals surface area contributed by atoms with E-state index in [0.29, 0.717) is 25.2 Å². The van der Waals surface area contributed by atoms with Gasteiger partial charge in [-0.05, 0) is 81.0 Å². The minimum atomic E-state index is -0.725. The Labute approximate surface area is 145 Å². The summed E-state index contributed by atoms with van der Waals surface area (Å²) in [6, 6.07) is 0. The number of hydrogen-bond donors (Lipinski definition) is 4. The topological polar surface area (TPSA) is 80.9 Å². The standard InChI is InChI=1S/C20H34O4/c1-16(12-21)10-14(22)11-17(2)15(16)4-5-20(24)9-13-8-19(17,20)7-6-18(13,3)23/h13-15,21-24H,4-12H2,1-3H3/t13-,14+,15+,16+,17+,18+,19+,20-/m1/s1. The fraction of sp³-hybridized carbons (Fsp3) is 1.00. The molecule has 0 aliphatic heterocycles. The molecule has 0 heterocycles. The molecular weight excluding hydrogens is 304 g/mol. The van der Waals surface area contributed by atoms with E-state index >= 15 is 0 Å². The van der Waals surface area contributed by atoms with Gasteiger partial charge in [-0.3, -0.25) is 0 Å². The fourth-order valence-corrected chi connectivity index (χ4v) is 8.03. The van der Waals surface area contributed by atoms with Gasteiger partial charge >= 0.3 is 0 Å². The molecule has 4 saturated carbocycles. The van der Waals surface area contributed by atoms with E-state index in [1.165, 1.54) is 0 Å². The summed E-state index contributed by atoms with van der Waals surface area (Å²) in [5, 5.41) is 43.2. The molecule has 1 spiro atoms. The van der Waals surface area contributed by atoms with Gasteiger partial charge in [0.15, 0.2) is 0 Å². The first-order valence-corrected chi connectivity index (χ1v) is 9.76. The third kappa shape index (κ3) is 1.84. The van der Waals surface area contributed by atoms with Crippen LogP contribution in [0.25, 0.3) is 0 Å². The van der Waals surface area contributed by atoms with Gasteiger partial charge in [0.1, 0.15) is 0 Å². The lowest BCUT2D eigenvalue weighted by molar-refractivity contribution is -0.251. The van der Waals surface area contributed by atoms with Crippen molar-refractivity contribution < 1.29 is 20.4 Å². The first-order chi connectivity index (χ1) is 11.0. The number of aliphatic hydroxyl groups is 4. The van der Waals surface area contributed by atoms with E-state index in [0.717, 1.165) is 32.1 Å². The fourth-order valence-electron chi connectivity index (χ4n) is 8.03. The Hall–Kier alpha value is -0.160. The van der Waals surface area contributed by atoms with Crippen molar-refractivity contribution in [2.24, 2.45) is 28.1 Å². The van der Waals surface area contributed by atoms with Crippen LogP contribution < -0.4 is 0 Å². The normalized spacial score (nSPS) is 62.9. The predicted molar refractivity (Wildman–Crippen MR) is 91.2 cm³/mol. The van der Waals surface area contributed by atoms with Gasteiger partial charge < -0.3 is 20.4 Å². The molecule has 4 aliphatic carbocycles. The van der Waals surface area contributed by atoms with Crippen LogP contribution in [-0.4, -0.2) is 44.3 Å². The smallest absolute Gasteiger partial charge is 0.0713 e. The van der Waals surface area contributed by atoms with Crippen LogP contribution in [0.1, 0.15) is 72.1 Å². The highest BCUT2D eigenvalue weighted by molar-refractivity contribution is 5.24. The number of hydrogen-bond acceptors (Lipinski definition) is 4. The maximum atomic E-state index is 11.7. The first kappa shape index (κ1) is 17.3. The van der Waals surface area contributed by atoms with E-state index in [2.05, 4.69) is 13.8 Å². The zero-order valence-electron chi connectivity index (χ0n) is 15.4. The lowest BCUT2D eigenvalue weighted by Gasteiger charge is -2.68. The van der Waals surface area contributed by atoms with Crippen LogP contribution in [0.2, 0.25) is 0 Å². The van der Waals surface area contributed by atoms with E-state index < -0.39 is 17.3 Å². The third-order valence-electron chi connectivity index (χ3n) is 9.28. The van der Waals surface area contributed by atoms with Gasteiger partial charge in [-0.25, -0.2) is 0 Å². The van der Waals surface area contributed by atoms with E-state index in [1.807, 2.05) is 6.92 Å². The molecule has 0 aromatic carbocycles. The predicted octanol–water partition coefficient (Wildman–Crippen LogP) is 2.23. The Morgan fingerprint density at radius 1 is 0.917 bits per heavy atom. The highest BCUT2D eigenvalue weighted by atomic mass is 16.3. The highest BCUT2D eigenvalue weighted by Gasteiger charge is 2.74. The summed E-state index contributed by atoms with van der Waals surface area (Å²) in [6.45, 7) is 6.41. The van der Waals surface area contributed by atoms with Crippen LogP contribution in [0.4, 0.5) is 0 Å². The zero-order valence-corrected chi connectivity index (χ0v) is 15.4. The molecule has 0 amide bonds. The Kier molecular flexibility index (Phi) is 3.42. The lowest BCUT2D eigenvalue weighted by Crippen LogP contribution is -2.66. The van der Waals surface area contributed by atoms with Crippen molar-refractivity contribution in [3.63, 3.8) is 0 Å². The number of fused-ring (bicyclic) bond motifs is 2. The molecule has 4 fully saturated rings. The monoisotopic (exact) mass is 338 g/mol. The van der Waals surface area contributed by atoms with Crippen molar-refractivity contribution in [2.75, 3.05) is 6.61 Å². The molecule has 4 heteroatoms. The molecule has 4 rings (SSSR count). The molecule has 8 atom stereocenters. The Morgan fingerprint density at radius 2 is 1.62 bits per heavy atom. The van der Waals surface area contributed by atoms with Gasteiger partial charge in [0.25, 0.3) is 0 Å². The average Bonchev–Trinajstić information content (AvgIpc) is 2.76. The van der Waals surface area contributed by atoms with E-state index in [4.69, 9.17) is 0 Å². The Balaban J connectivity index is 1.83. The van der Waals surface area contributed by atoms with E-state index in [1.54, 1.807) is 0 Å². The van der Waals surface area contributed by atoms with Crippen molar-refractivity contribution in [1.82, 2.24) is 0 Å². The molecule has 4 N–H and O–H groups in total. The van der Waals surface area contributed by atoms with Crippen molar-refractivity contribution in [3.05, 3.63) is 0 Å². The summed E-state index contributed by atoms with van der Waals surface area (Å²) in [7, 11) is 0. The largest absolute Gasteiger partial charge is 0.396 e. The quantitative estimate of drug-likeness (QED) is 0.591. The molecule has 0 aromatic heterocycles. The number of rotatable bonds is 1. The highest BCUT2D eigenvalue weighted by Crippen LogP contribution is 2.76. The van der Waals surface area contributed by atoms with Gasteiger partial charge in [-0.15, -0.1) is 0 Å². The van der Waals surface area contributed by atoms with Gasteiger partial charge in [-0.2, -0.15) is 0 Å². The summed E-state index contributed by atoms with van der Waals surface area (Å²) in [6.07, 6.45) is 5.73. The van der Waals surface area contributed by atoms with Crippen molar-refractivity contribution in [3.8, 4) is 0 Å². The first-order valence-electron chi connectivity index (χ1n) is 9.76. The summed E-state index contributed by atoms with van der Waals surface area (Å²) in [5.74, 6) is 0.465. The van der Waals surface area contributed by atoms with Gasteiger partial charge in [0.2, 0.25) is 0 Å². The van der Waals surface area contributed by atoms with Crippen LogP contribution in [0.5, 0.6) is 0 Å². The van der Waals surface area contributed by atoms with Gasteiger partial charge in [0, 0.05) is 12.0 Å². The molecular formula is C20H34O4. The molecule has 24 heavy (non-hydrogen) atoms. The maximum absolute atomic E-state index is 11.7. The summed E-state index contributed by atoms with van der Waals surface area (Å²) < 4.78 is 0. The SMILES string of the molecule is C[C@@]1(CO)C[C@H](O)C[C@@]2(C)[C@H]1CC[C@@]1(O)C[C@H]3C[C@]12CC[C@]3(C)O. The van der Waals surface area contributed by atoms with Crippen LogP contribution >= 0.6 is 0 Å². The summed E-state index contributed by atoms with van der Waals surface area (Å²) in [5.41, 5.74) is -2.09. The number of aliphatic hydroxyl groups excluding tert-OH is 2. The molecule has 0 saturated heterocycles. The molecule has 4 aliphatic rings. The summed E-state index contributed by atoms with van der Waals surface area (Å²) >= 11 is 0. The van der Waals surface area contributed by atoms with Crippen LogP contribution in [0.3, 0.4) is 0 Å². The lowest BCUT2D eigenvalue weighted by atomic mass is 9.38. The second kappa shape index (κ2) is 4.76. The second-order valence-corrected chi connectivity index (χ2v) is 10.5. The minimum absolute atomic E-state index is 0.0972. The van der Waals surface area contributed by atoms with Gasteiger partial charge in [-0.1, -0.05) is 13.8 Å². The minimum Gasteiger partial charge on any atom is -0.396 e. The zero-order chi connectivity index (χ0) is 17.6. The molecule has 0 aromatic rings. The van der Waals surface area contributed by atoms with Crippen molar-refractivity contribution in [2.45, 2.75) is 89.4 Å². The molecule has 138 valence electrons. The Morgan fingerprint density at radius 3 is 2.29 bits per heavy atom. The maximum Gasteiger partial charge on any atom is 0.0713 e. The van der Waals surface area contributed by atoms with Crippen LogP contribution in [0, 0.1) is 28.1 Å². The van der Waals surface area contributed by atoms with E-state index in [-0.39, 0.29) is 28.8 Å². The van der Waals surface area contributed by atoms with Crippen molar-refractivity contribution in [1.29, 1.82) is 0 Å². The van der Waals surface area contributed by atoms with Crippen LogP contribution in [-0.2, 0) is 0 Å². The van der Waals surface area contributed by atoms with Crippen molar-refractivity contribution >= 4 is 0 Å². The van der Waals surface area contributed by atoms with Gasteiger partial charge in [0.05, 0.1) is 17.3 Å². The summed E-state index contributed by atoms with van der Waals surface area (Å²) in [4.78, 5) is 0.